The van der Waals surface area contributed by atoms with Gasteiger partial charge in [0.2, 0.25) is 0 Å². The lowest BCUT2D eigenvalue weighted by atomic mass is 10.2. The molecule has 2 heterocycles. The van der Waals surface area contributed by atoms with Crippen LogP contribution in [0.1, 0.15) is 45.0 Å². The molecule has 0 bridgehead atoms. The van der Waals surface area contributed by atoms with Gasteiger partial charge >= 0.3 is 11.7 Å². The van der Waals surface area contributed by atoms with Crippen molar-refractivity contribution >= 4 is 17.1 Å². The molecule has 0 spiro atoms. The topological polar surface area (TPSA) is 121 Å². The zero-order valence-corrected chi connectivity index (χ0v) is 12.0. The van der Waals surface area contributed by atoms with E-state index in [1.807, 2.05) is 13.8 Å². The molecule has 0 fully saturated rings. The van der Waals surface area contributed by atoms with Gasteiger partial charge in [-0.05, 0) is 19.8 Å². The predicted octanol–water partition coefficient (Wildman–Crippen LogP) is 0.791. The summed E-state index contributed by atoms with van der Waals surface area (Å²) in [6, 6.07) is -0.0907. The number of carbonyl (C=O) groups is 1. The van der Waals surface area contributed by atoms with Gasteiger partial charge in [0.25, 0.3) is 5.56 Å². The summed E-state index contributed by atoms with van der Waals surface area (Å²) in [5.41, 5.74) is -0.416. The first kappa shape index (κ1) is 15.0. The van der Waals surface area contributed by atoms with Crippen LogP contribution in [0.3, 0.4) is 0 Å². The van der Waals surface area contributed by atoms with E-state index >= 15 is 0 Å². The van der Waals surface area contributed by atoms with Crippen LogP contribution >= 0.6 is 0 Å². The predicted molar refractivity (Wildman–Crippen MR) is 76.6 cm³/mol. The number of aliphatic carboxylic acids is 1. The Kier molecular flexibility index (Phi) is 4.25. The molecule has 1 atom stereocenters. The number of fused-ring (bicyclic) bond motifs is 1. The summed E-state index contributed by atoms with van der Waals surface area (Å²) < 4.78 is 1.45. The van der Waals surface area contributed by atoms with Gasteiger partial charge in [0.15, 0.2) is 5.65 Å². The monoisotopic (exact) mass is 294 g/mol. The Morgan fingerprint density at radius 1 is 1.38 bits per heavy atom. The van der Waals surface area contributed by atoms with Crippen molar-refractivity contribution in [3.63, 3.8) is 0 Å². The third kappa shape index (κ3) is 3.04. The lowest BCUT2D eigenvalue weighted by Crippen LogP contribution is -2.32. The highest BCUT2D eigenvalue weighted by Gasteiger charge is 2.16. The fraction of sp³-hybridized carbons (Fsp3) is 0.538. The third-order valence-electron chi connectivity index (χ3n) is 3.46. The summed E-state index contributed by atoms with van der Waals surface area (Å²) in [4.78, 5) is 43.7. The molecule has 1 unspecified atom stereocenters. The maximum atomic E-state index is 11.9. The van der Waals surface area contributed by atoms with Crippen molar-refractivity contribution in [1.29, 1.82) is 0 Å². The van der Waals surface area contributed by atoms with Crippen LogP contribution in [0.4, 0.5) is 0 Å². The number of hydrogen-bond donors (Lipinski definition) is 3. The zero-order chi connectivity index (χ0) is 15.6. The number of aromatic amines is 2. The molecule has 0 aromatic carbocycles. The largest absolute Gasteiger partial charge is 0.481 e. The molecule has 0 saturated carbocycles. The number of carboxylic acids is 1. The Bertz CT molecular complexity index is 771. The highest BCUT2D eigenvalue weighted by atomic mass is 16.4. The van der Waals surface area contributed by atoms with E-state index in [2.05, 4.69) is 15.0 Å². The minimum absolute atomic E-state index is 0.0333. The van der Waals surface area contributed by atoms with Gasteiger partial charge in [0.1, 0.15) is 11.3 Å². The van der Waals surface area contributed by atoms with Gasteiger partial charge in [-0.1, -0.05) is 6.92 Å². The number of nitrogens with one attached hydrogen (secondary N) is 2. The van der Waals surface area contributed by atoms with Crippen LogP contribution in [0.25, 0.3) is 11.2 Å². The van der Waals surface area contributed by atoms with Crippen molar-refractivity contribution in [2.45, 2.75) is 45.6 Å². The number of nitrogens with zero attached hydrogens (tertiary/aromatic N) is 2. The van der Waals surface area contributed by atoms with E-state index in [1.54, 1.807) is 0 Å². The first-order chi connectivity index (χ1) is 9.93. The molecule has 2 rings (SSSR count). The average molecular weight is 294 g/mol. The van der Waals surface area contributed by atoms with E-state index in [4.69, 9.17) is 5.11 Å². The van der Waals surface area contributed by atoms with Gasteiger partial charge in [-0.25, -0.2) is 9.78 Å². The Morgan fingerprint density at radius 2 is 2.10 bits per heavy atom. The SMILES string of the molecule is CCC(C)n1c(=O)[nH]c(=O)c2[nH]c(CCCC(=O)O)nc21. The maximum absolute atomic E-state index is 11.9. The molecule has 0 amide bonds. The van der Waals surface area contributed by atoms with Crippen molar-refractivity contribution in [1.82, 2.24) is 19.5 Å². The fourth-order valence-electron chi connectivity index (χ4n) is 2.18. The highest BCUT2D eigenvalue weighted by molar-refractivity contribution is 5.70. The average Bonchev–Trinajstić information content (AvgIpc) is 2.82. The molecule has 0 aliphatic rings. The Hall–Kier alpha value is -2.38. The van der Waals surface area contributed by atoms with Crippen molar-refractivity contribution in [3.05, 3.63) is 26.7 Å². The number of rotatable bonds is 6. The van der Waals surface area contributed by atoms with Crippen LogP contribution in [-0.4, -0.2) is 30.6 Å². The Morgan fingerprint density at radius 3 is 2.71 bits per heavy atom. The van der Waals surface area contributed by atoms with Crippen LogP contribution in [0.15, 0.2) is 9.59 Å². The van der Waals surface area contributed by atoms with E-state index in [0.717, 1.165) is 6.42 Å². The summed E-state index contributed by atoms with van der Waals surface area (Å²) in [6.45, 7) is 3.81. The Labute approximate surface area is 119 Å². The molecule has 8 heteroatoms. The minimum Gasteiger partial charge on any atom is -0.481 e. The van der Waals surface area contributed by atoms with Gasteiger partial charge in [0, 0.05) is 18.9 Å². The molecule has 8 nitrogen and oxygen atoms in total. The van der Waals surface area contributed by atoms with Gasteiger partial charge in [-0.3, -0.25) is 19.1 Å². The second-order valence-electron chi connectivity index (χ2n) is 5.02. The molecular formula is C13H18N4O4. The van der Waals surface area contributed by atoms with E-state index < -0.39 is 17.2 Å². The van der Waals surface area contributed by atoms with Gasteiger partial charge in [0.05, 0.1) is 0 Å². The molecule has 0 saturated heterocycles. The number of H-pyrrole nitrogens is 2. The van der Waals surface area contributed by atoms with E-state index in [-0.39, 0.29) is 18.0 Å². The number of hydrogen-bond acceptors (Lipinski definition) is 4. The number of imidazole rings is 1. The molecule has 2 aromatic rings. The number of aromatic nitrogens is 4. The number of carboxylic acid groups (broad SMARTS) is 1. The highest BCUT2D eigenvalue weighted by Crippen LogP contribution is 2.14. The maximum Gasteiger partial charge on any atom is 0.330 e. The van der Waals surface area contributed by atoms with Crippen LogP contribution in [0.5, 0.6) is 0 Å². The quantitative estimate of drug-likeness (QED) is 0.727. The van der Waals surface area contributed by atoms with Crippen molar-refractivity contribution in [2.75, 3.05) is 0 Å². The van der Waals surface area contributed by atoms with E-state index in [1.165, 1.54) is 4.57 Å². The summed E-state index contributed by atoms with van der Waals surface area (Å²) in [7, 11) is 0. The van der Waals surface area contributed by atoms with Crippen LogP contribution in [0, 0.1) is 0 Å². The smallest absolute Gasteiger partial charge is 0.330 e. The third-order valence-corrected chi connectivity index (χ3v) is 3.46. The Balaban J connectivity index is 2.45. The number of aryl methyl sites for hydroxylation is 1. The van der Waals surface area contributed by atoms with Gasteiger partial charge in [-0.15, -0.1) is 0 Å². The minimum atomic E-state index is -0.875. The second-order valence-corrected chi connectivity index (χ2v) is 5.02. The summed E-state index contributed by atoms with van der Waals surface area (Å²) in [5.74, 6) is -0.361. The van der Waals surface area contributed by atoms with Crippen molar-refractivity contribution < 1.29 is 9.90 Å². The normalized spacial score (nSPS) is 12.7. The summed E-state index contributed by atoms with van der Waals surface area (Å²) in [6.07, 6.45) is 1.59. The summed E-state index contributed by atoms with van der Waals surface area (Å²) >= 11 is 0. The first-order valence-electron chi connectivity index (χ1n) is 6.89. The van der Waals surface area contributed by atoms with Crippen molar-refractivity contribution in [2.24, 2.45) is 0 Å². The van der Waals surface area contributed by atoms with E-state index in [9.17, 15) is 14.4 Å². The first-order valence-corrected chi connectivity index (χ1v) is 6.89. The lowest BCUT2D eigenvalue weighted by molar-refractivity contribution is -0.137. The molecule has 3 N–H and O–H groups in total. The standard InChI is InChI=1S/C13H18N4O4/c1-3-7(2)17-11-10(12(20)16-13(17)21)14-8(15-11)5-4-6-9(18)19/h7H,3-6H2,1-2H3,(H,14,15)(H,18,19)(H,16,20,21). The molecule has 0 radical (unpaired) electrons. The molecule has 0 aliphatic heterocycles. The molecule has 0 aliphatic carbocycles. The second kappa shape index (κ2) is 5.94. The van der Waals surface area contributed by atoms with Gasteiger partial charge in [-0.2, -0.15) is 0 Å². The van der Waals surface area contributed by atoms with Crippen molar-refractivity contribution in [3.8, 4) is 0 Å². The van der Waals surface area contributed by atoms with Crippen LogP contribution in [0.2, 0.25) is 0 Å². The van der Waals surface area contributed by atoms with E-state index in [0.29, 0.717) is 24.3 Å². The van der Waals surface area contributed by atoms with Crippen LogP contribution in [-0.2, 0) is 11.2 Å². The van der Waals surface area contributed by atoms with Gasteiger partial charge < -0.3 is 10.1 Å². The molecule has 21 heavy (non-hydrogen) atoms. The zero-order valence-electron chi connectivity index (χ0n) is 12.0. The lowest BCUT2D eigenvalue weighted by Gasteiger charge is -2.12. The molecule has 2 aromatic heterocycles. The van der Waals surface area contributed by atoms with Crippen LogP contribution < -0.4 is 11.2 Å². The molecular weight excluding hydrogens is 276 g/mol. The summed E-state index contributed by atoms with van der Waals surface area (Å²) in [5, 5.41) is 8.63. The fourth-order valence-corrected chi connectivity index (χ4v) is 2.18. The molecule has 114 valence electrons.